The summed E-state index contributed by atoms with van der Waals surface area (Å²) in [6, 6.07) is 7.47. The molecule has 2 heterocycles. The van der Waals surface area contributed by atoms with Crippen molar-refractivity contribution in [1.82, 2.24) is 9.88 Å². The molecule has 1 N–H and O–H groups in total. The highest BCUT2D eigenvalue weighted by atomic mass is 35.5. The second-order valence-corrected chi connectivity index (χ2v) is 8.25. The standard InChI is InChI=1S/C16H16ClN3OS3/c17-12-5-3-11(4-6-12)13-9-23-15(18-13)19-14(21)10-24-16(22)20-7-1-2-8-20/h3-6,9H,1-2,7-8,10H2,(H,18,19,21). The molecule has 1 fully saturated rings. The first-order valence-corrected chi connectivity index (χ1v) is 10.2. The fraction of sp³-hybridized carbons (Fsp3) is 0.312. The van der Waals surface area contributed by atoms with Crippen molar-refractivity contribution in [3.05, 3.63) is 34.7 Å². The van der Waals surface area contributed by atoms with Crippen molar-refractivity contribution in [2.45, 2.75) is 12.8 Å². The largest absolute Gasteiger partial charge is 0.358 e. The van der Waals surface area contributed by atoms with Gasteiger partial charge in [-0.05, 0) is 25.0 Å². The number of thiocarbonyl (C=S) groups is 1. The molecule has 8 heteroatoms. The fourth-order valence-corrected chi connectivity index (χ4v) is 4.27. The lowest BCUT2D eigenvalue weighted by Gasteiger charge is -2.17. The first-order valence-electron chi connectivity index (χ1n) is 7.55. The summed E-state index contributed by atoms with van der Waals surface area (Å²) in [6.07, 6.45) is 2.36. The van der Waals surface area contributed by atoms with Crippen LogP contribution in [0.4, 0.5) is 5.13 Å². The number of benzene rings is 1. The van der Waals surface area contributed by atoms with E-state index in [1.54, 1.807) is 0 Å². The highest BCUT2D eigenvalue weighted by Gasteiger charge is 2.16. The molecule has 0 saturated carbocycles. The number of carbonyl (C=O) groups is 1. The predicted octanol–water partition coefficient (Wildman–Crippen LogP) is 4.52. The lowest BCUT2D eigenvalue weighted by atomic mass is 10.2. The maximum atomic E-state index is 12.1. The molecule has 1 aliphatic rings. The van der Waals surface area contributed by atoms with Crippen LogP contribution in [0.25, 0.3) is 11.3 Å². The number of nitrogens with zero attached hydrogens (tertiary/aromatic N) is 2. The van der Waals surface area contributed by atoms with Crippen molar-refractivity contribution in [1.29, 1.82) is 0 Å². The lowest BCUT2D eigenvalue weighted by Crippen LogP contribution is -2.25. The van der Waals surface area contributed by atoms with E-state index >= 15 is 0 Å². The summed E-state index contributed by atoms with van der Waals surface area (Å²) in [4.78, 5) is 18.7. The third kappa shape index (κ3) is 4.69. The number of anilines is 1. The third-order valence-electron chi connectivity index (χ3n) is 3.58. The summed E-state index contributed by atoms with van der Waals surface area (Å²) >= 11 is 14.1. The SMILES string of the molecule is O=C(CSC(=S)N1CCCC1)Nc1nc(-c2ccc(Cl)cc2)cs1. The average Bonchev–Trinajstić information content (AvgIpc) is 3.25. The van der Waals surface area contributed by atoms with E-state index < -0.39 is 0 Å². The van der Waals surface area contributed by atoms with Crippen LogP contribution in [-0.4, -0.2) is 39.0 Å². The van der Waals surface area contributed by atoms with Gasteiger partial charge in [0.15, 0.2) is 5.13 Å². The Morgan fingerprint density at radius 1 is 1.33 bits per heavy atom. The van der Waals surface area contributed by atoms with Gasteiger partial charge in [-0.2, -0.15) is 0 Å². The van der Waals surface area contributed by atoms with Crippen LogP contribution in [-0.2, 0) is 4.79 Å². The summed E-state index contributed by atoms with van der Waals surface area (Å²) in [7, 11) is 0. The van der Waals surface area contributed by atoms with Gasteiger partial charge in [0.05, 0.1) is 11.4 Å². The van der Waals surface area contributed by atoms with Crippen molar-refractivity contribution in [2.24, 2.45) is 0 Å². The van der Waals surface area contributed by atoms with E-state index in [-0.39, 0.29) is 5.91 Å². The molecular formula is C16H16ClN3OS3. The summed E-state index contributed by atoms with van der Waals surface area (Å²) in [6.45, 7) is 2.01. The molecule has 1 saturated heterocycles. The molecule has 0 bridgehead atoms. The first-order chi connectivity index (χ1) is 11.6. The van der Waals surface area contributed by atoms with Gasteiger partial charge in [0.2, 0.25) is 5.91 Å². The minimum Gasteiger partial charge on any atom is -0.358 e. The fourth-order valence-electron chi connectivity index (χ4n) is 2.36. The molecule has 1 aromatic carbocycles. The van der Waals surface area contributed by atoms with E-state index in [1.807, 2.05) is 29.6 Å². The zero-order valence-corrected chi connectivity index (χ0v) is 16.0. The number of hydrogen-bond acceptors (Lipinski definition) is 5. The first kappa shape index (κ1) is 17.7. The minimum absolute atomic E-state index is 0.0847. The molecule has 1 amide bonds. The van der Waals surface area contributed by atoms with E-state index in [0.717, 1.165) is 28.7 Å². The van der Waals surface area contributed by atoms with Gasteiger partial charge < -0.3 is 10.2 Å². The van der Waals surface area contributed by atoms with E-state index in [4.69, 9.17) is 23.8 Å². The molecule has 1 aromatic heterocycles. The maximum Gasteiger partial charge on any atom is 0.236 e. The number of nitrogens with one attached hydrogen (secondary N) is 1. The Morgan fingerprint density at radius 3 is 2.75 bits per heavy atom. The van der Waals surface area contributed by atoms with Crippen molar-refractivity contribution in [3.8, 4) is 11.3 Å². The van der Waals surface area contributed by atoms with E-state index in [2.05, 4.69) is 15.2 Å². The van der Waals surface area contributed by atoms with Crippen LogP contribution >= 0.6 is 46.9 Å². The van der Waals surface area contributed by atoms with Crippen molar-refractivity contribution < 1.29 is 4.79 Å². The normalized spacial score (nSPS) is 14.0. The van der Waals surface area contributed by atoms with Gasteiger partial charge in [0, 0.05) is 29.1 Å². The molecule has 126 valence electrons. The molecule has 3 rings (SSSR count). The molecule has 0 atom stereocenters. The number of amides is 1. The highest BCUT2D eigenvalue weighted by molar-refractivity contribution is 8.23. The Balaban J connectivity index is 1.51. The zero-order valence-electron chi connectivity index (χ0n) is 12.8. The summed E-state index contributed by atoms with van der Waals surface area (Å²) in [5.41, 5.74) is 1.80. The van der Waals surface area contributed by atoms with Gasteiger partial charge in [-0.3, -0.25) is 4.79 Å². The third-order valence-corrected chi connectivity index (χ3v) is 6.11. The molecule has 0 unspecified atom stereocenters. The number of rotatable bonds is 4. The van der Waals surface area contributed by atoms with Crippen LogP contribution in [0.3, 0.4) is 0 Å². The quantitative estimate of drug-likeness (QED) is 0.768. The number of carbonyl (C=O) groups excluding carboxylic acids is 1. The molecule has 2 aromatic rings. The van der Waals surface area contributed by atoms with Crippen molar-refractivity contribution >= 4 is 62.3 Å². The van der Waals surface area contributed by atoms with Crippen LogP contribution in [0.2, 0.25) is 5.02 Å². The maximum absolute atomic E-state index is 12.1. The van der Waals surface area contributed by atoms with E-state index in [1.165, 1.54) is 35.9 Å². The van der Waals surface area contributed by atoms with Gasteiger partial charge in [0.25, 0.3) is 0 Å². The van der Waals surface area contributed by atoms with Crippen molar-refractivity contribution in [3.63, 3.8) is 0 Å². The number of aromatic nitrogens is 1. The molecule has 1 aliphatic heterocycles. The van der Waals surface area contributed by atoms with Gasteiger partial charge in [0.1, 0.15) is 4.32 Å². The molecular weight excluding hydrogens is 382 g/mol. The average molecular weight is 398 g/mol. The second-order valence-electron chi connectivity index (χ2n) is 5.34. The van der Waals surface area contributed by atoms with Crippen LogP contribution in [0.5, 0.6) is 0 Å². The molecule has 4 nitrogen and oxygen atoms in total. The highest BCUT2D eigenvalue weighted by Crippen LogP contribution is 2.26. The van der Waals surface area contributed by atoms with Gasteiger partial charge in [-0.25, -0.2) is 4.98 Å². The Bertz CT molecular complexity index is 726. The summed E-state index contributed by atoms with van der Waals surface area (Å²) in [5, 5.41) is 6.03. The summed E-state index contributed by atoms with van der Waals surface area (Å²) < 4.78 is 0.809. The number of hydrogen-bond donors (Lipinski definition) is 1. The van der Waals surface area contributed by atoms with Crippen LogP contribution < -0.4 is 5.32 Å². The number of halogens is 1. The second kappa shape index (κ2) is 8.29. The Kier molecular flexibility index (Phi) is 6.10. The van der Waals surface area contributed by atoms with Crippen LogP contribution in [0.15, 0.2) is 29.6 Å². The number of likely N-dealkylation sites (tertiary alicyclic amines) is 1. The zero-order chi connectivity index (χ0) is 16.9. The minimum atomic E-state index is -0.0847. The van der Waals surface area contributed by atoms with Crippen LogP contribution in [0.1, 0.15) is 12.8 Å². The van der Waals surface area contributed by atoms with Gasteiger partial charge >= 0.3 is 0 Å². The molecule has 0 aliphatic carbocycles. The van der Waals surface area contributed by atoms with Gasteiger partial charge in [-0.15, -0.1) is 11.3 Å². The number of thioether (sulfide) groups is 1. The van der Waals surface area contributed by atoms with E-state index in [9.17, 15) is 4.79 Å². The Labute approximate surface area is 159 Å². The lowest BCUT2D eigenvalue weighted by molar-refractivity contribution is -0.113. The van der Waals surface area contributed by atoms with Crippen molar-refractivity contribution in [2.75, 3.05) is 24.2 Å². The van der Waals surface area contributed by atoms with E-state index in [0.29, 0.717) is 15.9 Å². The topological polar surface area (TPSA) is 45.2 Å². The van der Waals surface area contributed by atoms with Crippen LogP contribution in [0, 0.1) is 0 Å². The monoisotopic (exact) mass is 397 g/mol. The summed E-state index contributed by atoms with van der Waals surface area (Å²) in [5.74, 6) is 0.226. The van der Waals surface area contributed by atoms with Gasteiger partial charge in [-0.1, -0.05) is 47.7 Å². The Morgan fingerprint density at radius 2 is 2.04 bits per heavy atom. The molecule has 0 spiro atoms. The Hall–Kier alpha value is -1.15. The number of thiazole rings is 1. The smallest absolute Gasteiger partial charge is 0.236 e. The predicted molar refractivity (Wildman–Crippen MR) is 107 cm³/mol. The molecule has 0 radical (unpaired) electrons. The molecule has 24 heavy (non-hydrogen) atoms.